The van der Waals surface area contributed by atoms with Crippen molar-refractivity contribution in [2.24, 2.45) is 17.3 Å². The van der Waals surface area contributed by atoms with E-state index in [4.69, 9.17) is 11.2 Å². The highest BCUT2D eigenvalue weighted by molar-refractivity contribution is 5.83. The van der Waals surface area contributed by atoms with Crippen LogP contribution in [-0.2, 0) is 25.7 Å². The molecule has 1 saturated carbocycles. The highest BCUT2D eigenvalue weighted by Gasteiger charge is 2.61. The smallest absolute Gasteiger partial charge is 0.330 e. The van der Waals surface area contributed by atoms with Gasteiger partial charge in [0.1, 0.15) is 12.4 Å². The number of ether oxygens (including phenoxy) is 2. The summed E-state index contributed by atoms with van der Waals surface area (Å²) in [7, 11) is 1.23. The number of methoxy groups -OCH3 is 1. The van der Waals surface area contributed by atoms with Crippen LogP contribution >= 0.6 is 0 Å². The number of hydrogen-bond acceptors (Lipinski definition) is 4. The Morgan fingerprint density at radius 3 is 2.41 bits per heavy atom. The first-order chi connectivity index (χ1) is 12.6. The normalized spacial score (nSPS) is 20.2. The summed E-state index contributed by atoms with van der Waals surface area (Å²) in [5.41, 5.74) is -1.89. The lowest BCUT2D eigenvalue weighted by molar-refractivity contribution is -0.147. The molecule has 0 radical (unpaired) electrons. The number of hydrogen-bond donors (Lipinski definition) is 0. The van der Waals surface area contributed by atoms with E-state index in [9.17, 15) is 22.8 Å². The topological polar surface area (TPSA) is 52.6 Å². The number of halogens is 3. The standard InChI is InChI=1S/C20H19F3O4/c1-6-11-16(21)10(2)12(18(23)17(11)22)9-27-19(25)15-13(20(15,3)4)7-8-14(24)26-5/h1,7-8,13,15H,9H2,2-5H3/b8-7-/t13-,15-/m0/s1. The summed E-state index contributed by atoms with van der Waals surface area (Å²) in [4.78, 5) is 23.5. The molecule has 0 aliphatic heterocycles. The molecule has 0 unspecified atom stereocenters. The van der Waals surface area contributed by atoms with Crippen molar-refractivity contribution in [1.82, 2.24) is 0 Å². The average molecular weight is 380 g/mol. The van der Waals surface area contributed by atoms with Crippen LogP contribution in [0.1, 0.15) is 30.5 Å². The number of rotatable bonds is 5. The van der Waals surface area contributed by atoms with Gasteiger partial charge in [0, 0.05) is 11.6 Å². The molecule has 2 rings (SSSR count). The number of allylic oxidation sites excluding steroid dienone is 1. The maximum atomic E-state index is 14.1. The summed E-state index contributed by atoms with van der Waals surface area (Å²) < 4.78 is 51.6. The molecule has 0 heterocycles. The summed E-state index contributed by atoms with van der Waals surface area (Å²) in [5, 5.41) is 0. The zero-order valence-electron chi connectivity index (χ0n) is 15.4. The second-order valence-electron chi connectivity index (χ2n) is 6.88. The molecule has 2 atom stereocenters. The van der Waals surface area contributed by atoms with Crippen LogP contribution in [0.2, 0.25) is 0 Å². The van der Waals surface area contributed by atoms with E-state index in [0.717, 1.165) is 0 Å². The zero-order valence-corrected chi connectivity index (χ0v) is 15.4. The van der Waals surface area contributed by atoms with Crippen molar-refractivity contribution in [3.05, 3.63) is 46.3 Å². The monoisotopic (exact) mass is 380 g/mol. The van der Waals surface area contributed by atoms with Crippen LogP contribution in [0, 0.1) is 54.0 Å². The lowest BCUT2D eigenvalue weighted by Gasteiger charge is -2.12. The molecule has 4 nitrogen and oxygen atoms in total. The quantitative estimate of drug-likeness (QED) is 0.340. The molecule has 0 aromatic heterocycles. The minimum Gasteiger partial charge on any atom is -0.466 e. The van der Waals surface area contributed by atoms with Crippen molar-refractivity contribution in [1.29, 1.82) is 0 Å². The van der Waals surface area contributed by atoms with E-state index in [0.29, 0.717) is 0 Å². The molecule has 1 aliphatic carbocycles. The van der Waals surface area contributed by atoms with Crippen LogP contribution in [0.5, 0.6) is 0 Å². The molecule has 1 aliphatic rings. The van der Waals surface area contributed by atoms with Gasteiger partial charge in [-0.1, -0.05) is 25.8 Å². The van der Waals surface area contributed by atoms with Crippen molar-refractivity contribution in [2.45, 2.75) is 27.4 Å². The number of carbonyl (C=O) groups excluding carboxylic acids is 2. The van der Waals surface area contributed by atoms with Crippen molar-refractivity contribution < 1.29 is 32.2 Å². The Morgan fingerprint density at radius 2 is 1.85 bits per heavy atom. The van der Waals surface area contributed by atoms with Gasteiger partial charge >= 0.3 is 11.9 Å². The lowest BCUT2D eigenvalue weighted by Crippen LogP contribution is -2.14. The van der Waals surface area contributed by atoms with E-state index in [2.05, 4.69) is 4.74 Å². The Kier molecular flexibility index (Phi) is 5.69. The molecule has 1 aromatic rings. The number of carbonyl (C=O) groups is 2. The van der Waals surface area contributed by atoms with E-state index in [-0.39, 0.29) is 11.5 Å². The lowest BCUT2D eigenvalue weighted by atomic mass is 10.0. The molecule has 0 bridgehead atoms. The van der Waals surface area contributed by atoms with E-state index in [1.807, 2.05) is 0 Å². The average Bonchev–Trinajstić information content (AvgIpc) is 3.18. The van der Waals surface area contributed by atoms with Gasteiger partial charge < -0.3 is 9.47 Å². The third-order valence-electron chi connectivity index (χ3n) is 4.99. The third-order valence-corrected chi connectivity index (χ3v) is 4.99. The second kappa shape index (κ2) is 7.47. The molecule has 1 fully saturated rings. The second-order valence-corrected chi connectivity index (χ2v) is 6.88. The summed E-state index contributed by atoms with van der Waals surface area (Å²) in [6.07, 6.45) is 7.75. The van der Waals surface area contributed by atoms with Gasteiger partial charge in [-0.25, -0.2) is 18.0 Å². The van der Waals surface area contributed by atoms with Crippen molar-refractivity contribution >= 4 is 11.9 Å². The molecule has 0 spiro atoms. The van der Waals surface area contributed by atoms with Gasteiger partial charge in [0.2, 0.25) is 0 Å². The predicted molar refractivity (Wildman–Crippen MR) is 90.7 cm³/mol. The fourth-order valence-electron chi connectivity index (χ4n) is 3.09. The minimum absolute atomic E-state index is 0.216. The predicted octanol–water partition coefficient (Wildman–Crippen LogP) is 3.44. The summed E-state index contributed by atoms with van der Waals surface area (Å²) in [5.74, 6) is -4.17. The Hall–Kier alpha value is -2.75. The fraction of sp³-hybridized carbons (Fsp3) is 0.400. The van der Waals surface area contributed by atoms with Crippen LogP contribution in [0.25, 0.3) is 0 Å². The van der Waals surface area contributed by atoms with Crippen LogP contribution in [0.15, 0.2) is 12.2 Å². The molecule has 0 saturated heterocycles. The van der Waals surface area contributed by atoms with Gasteiger partial charge in [0.05, 0.1) is 18.6 Å². The van der Waals surface area contributed by atoms with E-state index in [1.165, 1.54) is 20.1 Å². The molecule has 7 heteroatoms. The van der Waals surface area contributed by atoms with Crippen LogP contribution < -0.4 is 0 Å². The van der Waals surface area contributed by atoms with Gasteiger partial charge in [-0.15, -0.1) is 6.42 Å². The van der Waals surface area contributed by atoms with Crippen molar-refractivity contribution in [3.63, 3.8) is 0 Å². The van der Waals surface area contributed by atoms with Crippen LogP contribution in [0.3, 0.4) is 0 Å². The highest BCUT2D eigenvalue weighted by atomic mass is 19.2. The summed E-state index contributed by atoms with van der Waals surface area (Å²) >= 11 is 0. The van der Waals surface area contributed by atoms with Gasteiger partial charge in [0.15, 0.2) is 11.6 Å². The minimum atomic E-state index is -1.49. The number of terminal acetylenes is 1. The van der Waals surface area contributed by atoms with E-state index >= 15 is 0 Å². The van der Waals surface area contributed by atoms with Gasteiger partial charge in [0.25, 0.3) is 0 Å². The largest absolute Gasteiger partial charge is 0.466 e. The molecule has 27 heavy (non-hydrogen) atoms. The molecular weight excluding hydrogens is 361 g/mol. The molecular formula is C20H19F3O4. The summed E-state index contributed by atoms with van der Waals surface area (Å²) in [6.45, 7) is 4.20. The molecule has 144 valence electrons. The van der Waals surface area contributed by atoms with E-state index < -0.39 is 58.5 Å². The summed E-state index contributed by atoms with van der Waals surface area (Å²) in [6, 6.07) is 0. The van der Waals surface area contributed by atoms with Crippen LogP contribution in [0.4, 0.5) is 13.2 Å². The highest BCUT2D eigenvalue weighted by Crippen LogP contribution is 2.59. The molecule has 0 N–H and O–H groups in total. The van der Waals surface area contributed by atoms with Gasteiger partial charge in [-0.3, -0.25) is 4.79 Å². The SMILES string of the molecule is C#Cc1c(F)c(C)c(COC(=O)[C@@H]2[C@H](/C=C\C(=O)OC)C2(C)C)c(F)c1F. The Balaban J connectivity index is 2.14. The Labute approximate surface area is 155 Å². The number of benzene rings is 1. The molecule has 1 aromatic carbocycles. The van der Waals surface area contributed by atoms with Gasteiger partial charge in [-0.05, 0) is 23.8 Å². The van der Waals surface area contributed by atoms with Crippen molar-refractivity contribution in [2.75, 3.05) is 7.11 Å². The van der Waals surface area contributed by atoms with Gasteiger partial charge in [-0.2, -0.15) is 0 Å². The fourth-order valence-corrected chi connectivity index (χ4v) is 3.09. The maximum Gasteiger partial charge on any atom is 0.330 e. The molecule has 0 amide bonds. The Bertz CT molecular complexity index is 836. The zero-order chi connectivity index (χ0) is 20.5. The first-order valence-electron chi connectivity index (χ1n) is 8.13. The third kappa shape index (κ3) is 3.70. The first kappa shape index (κ1) is 20.6. The van der Waals surface area contributed by atoms with E-state index in [1.54, 1.807) is 25.8 Å². The Morgan fingerprint density at radius 1 is 1.22 bits per heavy atom. The van der Waals surface area contributed by atoms with Crippen molar-refractivity contribution in [3.8, 4) is 12.3 Å². The van der Waals surface area contributed by atoms with Crippen LogP contribution in [-0.4, -0.2) is 19.0 Å². The maximum absolute atomic E-state index is 14.1. The number of esters is 2. The first-order valence-corrected chi connectivity index (χ1v) is 8.13.